The molecule has 3 aliphatic carbocycles. The molecule has 14 bridgehead atoms. The van der Waals surface area contributed by atoms with Crippen molar-refractivity contribution in [3.05, 3.63) is 29.3 Å². The Kier molecular flexibility index (Phi) is 24.6. The molecule has 24 aliphatic rings. The Labute approximate surface area is 553 Å². The van der Waals surface area contributed by atoms with E-state index in [2.05, 4.69) is 13.0 Å². The predicted octanol–water partition coefficient (Wildman–Crippen LogP) is -11.6. The lowest BCUT2D eigenvalue weighted by Gasteiger charge is -2.50. The van der Waals surface area contributed by atoms with Gasteiger partial charge in [0.2, 0.25) is 0 Å². The summed E-state index contributed by atoms with van der Waals surface area (Å²) in [4.78, 5) is 0. The molecule has 23 N–H and O–H groups in total. The topological polar surface area (TPSA) is 595 Å². The Morgan fingerprint density at radius 3 is 0.835 bits per heavy atom. The number of ether oxygens (including phenoxy) is 14. The van der Waals surface area contributed by atoms with Gasteiger partial charge in [-0.3, -0.25) is 0 Å². The van der Waals surface area contributed by atoms with Crippen molar-refractivity contribution >= 4 is 0 Å². The summed E-state index contributed by atoms with van der Waals surface area (Å²) in [5.41, 5.74) is 2.99. The van der Waals surface area contributed by atoms with E-state index in [9.17, 15) is 117 Å². The largest absolute Gasteiger partial charge is 0.508 e. The third-order valence-electron chi connectivity index (χ3n) is 21.4. The zero-order valence-corrected chi connectivity index (χ0v) is 52.4. The minimum absolute atomic E-state index is 0.0883. The zero-order valence-electron chi connectivity index (χ0n) is 52.4. The number of benzene rings is 1. The molecule has 1 aromatic carbocycles. The molecule has 0 unspecified atom stereocenters. The van der Waals surface area contributed by atoms with Gasteiger partial charge in [0.05, 0.1) is 52.4 Å². The predicted molar refractivity (Wildman–Crippen MR) is 307 cm³/mol. The maximum atomic E-state index is 11.3. The standard InChI is InChI=1S/C42H70O35.C18H24O2/c43-1-8-29-15(50)22(57)36(64-8)72-30-9(2-44)66-38(24(59)17(30)52)74-32-11(4-46)68-40(26(61)19(32)54)76-34-13(6-48)70-42(28(63)21(34)56)77-35-14(7-49)69-41(27(62)20(35)55)75-33-12(5-47)67-39(25(60)18(33)53)73-31-10(3-45)65-37(71-29)23(58)16(31)51;1-18-9-8-14-13-5-3-12(19)10-11(13)2-4-15(14)16(18)6-7-17(18)20/h8-63H,1-7H2;3,5,10,14-17,19-20H,2,4,6-9H2,1H3/t8-,9-,10-,11-,12-,13-,14-,15-,16-,17-,18-,19-,20+,21+,22-,23-,24-,25-,26-,27+,28+,29-,30-,31-,32-,33-,34-,35-,36-,37-,38-,39-,40-,41-,42-;14-,15-,16+,17+,18+/m11/s1. The maximum Gasteiger partial charge on any atom is 0.187 e. The van der Waals surface area contributed by atoms with Crippen LogP contribution in [-0.2, 0) is 72.7 Å². The van der Waals surface area contributed by atoms with Crippen LogP contribution >= 0.6 is 0 Å². The van der Waals surface area contributed by atoms with Gasteiger partial charge in [-0.2, -0.15) is 0 Å². The van der Waals surface area contributed by atoms with E-state index in [1.165, 1.54) is 30.4 Å². The van der Waals surface area contributed by atoms with Crippen molar-refractivity contribution in [1.82, 2.24) is 0 Å². The van der Waals surface area contributed by atoms with E-state index in [0.29, 0.717) is 17.6 Å². The van der Waals surface area contributed by atoms with Gasteiger partial charge in [0, 0.05) is 0 Å². The average molecular weight is 1410 g/mol. The van der Waals surface area contributed by atoms with Crippen LogP contribution in [0.1, 0.15) is 56.1 Å². The molecule has 2 saturated carbocycles. The molecule has 37 heteroatoms. The van der Waals surface area contributed by atoms with Crippen molar-refractivity contribution in [2.75, 3.05) is 46.2 Å². The third kappa shape index (κ3) is 14.5. The second kappa shape index (κ2) is 31.5. The van der Waals surface area contributed by atoms with E-state index < -0.39 is 261 Å². The molecule has 0 radical (unpaired) electrons. The molecule has 0 aromatic heterocycles. The first-order chi connectivity index (χ1) is 46.2. The van der Waals surface area contributed by atoms with Crippen LogP contribution in [0, 0.1) is 17.3 Å². The van der Waals surface area contributed by atoms with E-state index in [0.717, 1.165) is 25.2 Å². The summed E-state index contributed by atoms with van der Waals surface area (Å²) in [5, 5.41) is 250. The van der Waals surface area contributed by atoms with E-state index in [1.54, 1.807) is 0 Å². The van der Waals surface area contributed by atoms with Crippen molar-refractivity contribution < 1.29 is 184 Å². The van der Waals surface area contributed by atoms with Crippen molar-refractivity contribution in [2.24, 2.45) is 17.3 Å². The summed E-state index contributed by atoms with van der Waals surface area (Å²) in [6.45, 7) is -5.01. The number of hydrogen-bond acceptors (Lipinski definition) is 37. The first-order valence-corrected chi connectivity index (χ1v) is 32.7. The van der Waals surface area contributed by atoms with Crippen LogP contribution < -0.4 is 0 Å². The normalized spacial score (nSPS) is 52.8. The number of aryl methyl sites for hydroxylation is 1. The number of fused-ring (bicyclic) bond motifs is 5. The molecule has 40 atom stereocenters. The highest BCUT2D eigenvalue weighted by molar-refractivity contribution is 5.40. The van der Waals surface area contributed by atoms with E-state index in [-0.39, 0.29) is 11.5 Å². The van der Waals surface area contributed by atoms with Crippen LogP contribution in [0.3, 0.4) is 0 Å². The lowest BCUT2D eigenvalue weighted by Crippen LogP contribution is -2.68. The summed E-state index contributed by atoms with van der Waals surface area (Å²) in [6, 6.07) is 5.96. The molecule has 21 heterocycles. The van der Waals surface area contributed by atoms with Gasteiger partial charge in [-0.15, -0.1) is 0 Å². The fraction of sp³-hybridized carbons (Fsp3) is 0.900. The first-order valence-electron chi connectivity index (χ1n) is 32.7. The summed E-state index contributed by atoms with van der Waals surface area (Å²) >= 11 is 0. The number of rotatable bonds is 7. The Hall–Kier alpha value is -2.42. The van der Waals surface area contributed by atoms with Crippen LogP contribution in [0.2, 0.25) is 0 Å². The van der Waals surface area contributed by atoms with Gasteiger partial charge in [0.1, 0.15) is 177 Å². The number of aliphatic hydroxyl groups excluding tert-OH is 22. The van der Waals surface area contributed by atoms with Crippen molar-refractivity contribution in [3.8, 4) is 5.75 Å². The van der Waals surface area contributed by atoms with Crippen LogP contribution in [-0.4, -0.2) is 385 Å². The average Bonchev–Trinajstić information content (AvgIpc) is 1.64. The van der Waals surface area contributed by atoms with Crippen LogP contribution in [0.25, 0.3) is 0 Å². The summed E-state index contributed by atoms with van der Waals surface area (Å²) in [5.74, 6) is 2.49. The van der Waals surface area contributed by atoms with Gasteiger partial charge >= 0.3 is 0 Å². The lowest BCUT2D eigenvalue weighted by atomic mass is 9.55. The fourth-order valence-corrected chi connectivity index (χ4v) is 16.0. The first kappa shape index (κ1) is 75.7. The second-order valence-electron chi connectivity index (χ2n) is 27.1. The Balaban J connectivity index is 0.000000401. The zero-order chi connectivity index (χ0) is 70.0. The highest BCUT2D eigenvalue weighted by Crippen LogP contribution is 2.61. The quantitative estimate of drug-likeness (QED) is 0.121. The second-order valence-corrected chi connectivity index (χ2v) is 27.1. The molecule has 23 fully saturated rings. The molecule has 556 valence electrons. The van der Waals surface area contributed by atoms with Crippen LogP contribution in [0.15, 0.2) is 18.2 Å². The highest BCUT2D eigenvalue weighted by Gasteiger charge is 2.61. The molecule has 1 aromatic rings. The number of hydrogen-bond donors (Lipinski definition) is 23. The number of aromatic hydroxyl groups is 1. The molecular formula is C60H94O37. The van der Waals surface area contributed by atoms with E-state index in [4.69, 9.17) is 66.3 Å². The van der Waals surface area contributed by atoms with E-state index in [1.807, 2.05) is 12.1 Å². The number of phenolic OH excluding ortho intramolecular Hbond substituents is 1. The minimum Gasteiger partial charge on any atom is -0.508 e. The SMILES string of the molecule is C[C@]12CC[C@@H]3c4ccc(O)cc4CC[C@H]3[C@@H]1CC[C@@H]2O.OC[C@H]1O[C@@H]2O[C@H]3[C@H](O)[C@@H](O)[C@@H](O[C@H]4[C@H](O)[C@@H](O)[C@@H](O[C@H]5[C@H](O)[C@@H](O)[C@@H](O[C@H]6[C@H](O)[C@@H](O)[C@@H](O[C@H]7[C@@H](O)[C@H](O)[C@@H](O[C@H]8[C@@H](O)[C@H](O)[C@@H](O[C@H]1[C@H](O)[C@H]2O)O[C@@H]8CO)O[C@@H]7CO)O[C@@H]6CO)O[C@@H]5CO)O[C@@H]4CO)O[C@@H]3CO. The van der Waals surface area contributed by atoms with Crippen molar-refractivity contribution in [3.63, 3.8) is 0 Å². The van der Waals surface area contributed by atoms with Gasteiger partial charge < -0.3 is 184 Å². The van der Waals surface area contributed by atoms with E-state index >= 15 is 0 Å². The Morgan fingerprint density at radius 2 is 0.588 bits per heavy atom. The summed E-state index contributed by atoms with van der Waals surface area (Å²) in [7, 11) is 0. The molecular weight excluding hydrogens is 1310 g/mol. The molecule has 0 spiro atoms. The van der Waals surface area contributed by atoms with Gasteiger partial charge in [-0.25, -0.2) is 0 Å². The van der Waals surface area contributed by atoms with Crippen molar-refractivity contribution in [2.45, 2.75) is 272 Å². The summed E-state index contributed by atoms with van der Waals surface area (Å²) in [6.07, 6.45) is -63.5. The fourth-order valence-electron chi connectivity index (χ4n) is 16.0. The molecule has 0 amide bonds. The van der Waals surface area contributed by atoms with Crippen LogP contribution in [0.5, 0.6) is 5.75 Å². The minimum atomic E-state index is -2.21. The van der Waals surface area contributed by atoms with Gasteiger partial charge in [-0.05, 0) is 85.0 Å². The molecule has 21 saturated heterocycles. The maximum absolute atomic E-state index is 11.3. The molecule has 25 rings (SSSR count). The number of aliphatic hydroxyl groups is 22. The molecule has 97 heavy (non-hydrogen) atoms. The Bertz CT molecular complexity index is 2310. The monoisotopic (exact) mass is 1410 g/mol. The Morgan fingerprint density at radius 1 is 0.330 bits per heavy atom. The molecule has 21 aliphatic heterocycles. The smallest absolute Gasteiger partial charge is 0.187 e. The van der Waals surface area contributed by atoms with Crippen molar-refractivity contribution in [1.29, 1.82) is 0 Å². The highest BCUT2D eigenvalue weighted by atomic mass is 16.8. The molecule has 37 nitrogen and oxygen atoms in total. The van der Waals surface area contributed by atoms with Gasteiger partial charge in [-0.1, -0.05) is 13.0 Å². The van der Waals surface area contributed by atoms with Gasteiger partial charge in [0.15, 0.2) is 44.0 Å². The lowest BCUT2D eigenvalue weighted by molar-refractivity contribution is -0.396. The summed E-state index contributed by atoms with van der Waals surface area (Å²) < 4.78 is 79.5. The van der Waals surface area contributed by atoms with Gasteiger partial charge in [0.25, 0.3) is 0 Å². The third-order valence-corrected chi connectivity index (χ3v) is 21.4. The number of phenols is 1. The van der Waals surface area contributed by atoms with Crippen LogP contribution in [0.4, 0.5) is 0 Å².